The minimum atomic E-state index is -3.58. The molecule has 0 aliphatic carbocycles. The van der Waals surface area contributed by atoms with Crippen LogP contribution in [0.2, 0.25) is 0 Å². The second kappa shape index (κ2) is 5.44. The van der Waals surface area contributed by atoms with Gasteiger partial charge in [0, 0.05) is 5.69 Å². The maximum absolute atomic E-state index is 12.2. The number of anilines is 1. The number of fused-ring (bicyclic) bond motifs is 1. The summed E-state index contributed by atoms with van der Waals surface area (Å²) in [7, 11) is -3.58. The SMILES string of the molecule is Nc1cccc(S(=O)(=O)NCc2nc3ccccc3s2)c1. The number of hydrogen-bond donors (Lipinski definition) is 2. The lowest BCUT2D eigenvalue weighted by Crippen LogP contribution is -2.23. The van der Waals surface area contributed by atoms with Gasteiger partial charge in [-0.15, -0.1) is 11.3 Å². The van der Waals surface area contributed by atoms with E-state index in [4.69, 9.17) is 5.73 Å². The van der Waals surface area contributed by atoms with Gasteiger partial charge in [0.05, 0.1) is 21.7 Å². The van der Waals surface area contributed by atoms with Gasteiger partial charge in [0.1, 0.15) is 5.01 Å². The van der Waals surface area contributed by atoms with E-state index in [2.05, 4.69) is 9.71 Å². The number of nitrogens with zero attached hydrogens (tertiary/aromatic N) is 1. The van der Waals surface area contributed by atoms with Crippen molar-refractivity contribution in [1.82, 2.24) is 9.71 Å². The third-order valence-electron chi connectivity index (χ3n) is 2.92. The van der Waals surface area contributed by atoms with Crippen molar-refractivity contribution in [1.29, 1.82) is 0 Å². The third kappa shape index (κ3) is 3.05. The summed E-state index contributed by atoms with van der Waals surface area (Å²) in [5, 5.41) is 0.726. The summed E-state index contributed by atoms with van der Waals surface area (Å²) < 4.78 is 27.9. The van der Waals surface area contributed by atoms with Gasteiger partial charge in [-0.05, 0) is 30.3 Å². The Morgan fingerprint density at radius 3 is 2.71 bits per heavy atom. The molecule has 0 bridgehead atoms. The van der Waals surface area contributed by atoms with Crippen LogP contribution in [0.25, 0.3) is 10.2 Å². The van der Waals surface area contributed by atoms with Gasteiger partial charge in [0.2, 0.25) is 10.0 Å². The Kier molecular flexibility index (Phi) is 3.62. The first-order valence-corrected chi connectivity index (χ1v) is 8.54. The molecule has 0 spiro atoms. The second-order valence-electron chi connectivity index (χ2n) is 4.47. The number of sulfonamides is 1. The Hall–Kier alpha value is -1.96. The van der Waals surface area contributed by atoms with E-state index >= 15 is 0 Å². The minimum absolute atomic E-state index is 0.156. The van der Waals surface area contributed by atoms with E-state index in [9.17, 15) is 8.42 Å². The molecule has 3 rings (SSSR count). The fourth-order valence-electron chi connectivity index (χ4n) is 1.92. The molecule has 0 aliphatic rings. The zero-order valence-electron chi connectivity index (χ0n) is 11.0. The van der Waals surface area contributed by atoms with Crippen LogP contribution in [0, 0.1) is 0 Å². The zero-order chi connectivity index (χ0) is 14.9. The first kappa shape index (κ1) is 14.0. The summed E-state index contributed by atoms with van der Waals surface area (Å²) in [4.78, 5) is 4.55. The highest BCUT2D eigenvalue weighted by Crippen LogP contribution is 2.22. The highest BCUT2D eigenvalue weighted by molar-refractivity contribution is 7.89. The number of aromatic nitrogens is 1. The van der Waals surface area contributed by atoms with Crippen LogP contribution >= 0.6 is 11.3 Å². The van der Waals surface area contributed by atoms with Crippen LogP contribution < -0.4 is 10.5 Å². The molecule has 0 radical (unpaired) electrons. The molecule has 2 aromatic carbocycles. The van der Waals surface area contributed by atoms with Crippen molar-refractivity contribution in [3.63, 3.8) is 0 Å². The molecule has 1 heterocycles. The van der Waals surface area contributed by atoms with Crippen molar-refractivity contribution >= 4 is 37.3 Å². The molecule has 108 valence electrons. The fourth-order valence-corrected chi connectivity index (χ4v) is 3.96. The molecule has 0 fully saturated rings. The van der Waals surface area contributed by atoms with Gasteiger partial charge in [-0.3, -0.25) is 0 Å². The van der Waals surface area contributed by atoms with Crippen molar-refractivity contribution in [2.45, 2.75) is 11.4 Å². The van der Waals surface area contributed by atoms with Crippen LogP contribution in [0.3, 0.4) is 0 Å². The molecule has 5 nitrogen and oxygen atoms in total. The number of nitrogens with one attached hydrogen (secondary N) is 1. The van der Waals surface area contributed by atoms with Crippen LogP contribution in [-0.2, 0) is 16.6 Å². The number of para-hydroxylation sites is 1. The topological polar surface area (TPSA) is 85.1 Å². The summed E-state index contributed by atoms with van der Waals surface area (Å²) in [5.41, 5.74) is 6.90. The van der Waals surface area contributed by atoms with Gasteiger partial charge in [0.15, 0.2) is 0 Å². The van der Waals surface area contributed by atoms with E-state index < -0.39 is 10.0 Å². The second-order valence-corrected chi connectivity index (χ2v) is 7.35. The zero-order valence-corrected chi connectivity index (χ0v) is 12.6. The van der Waals surface area contributed by atoms with Crippen LogP contribution in [0.4, 0.5) is 5.69 Å². The molecule has 0 atom stereocenters. The third-order valence-corrected chi connectivity index (χ3v) is 5.36. The van der Waals surface area contributed by atoms with Crippen LogP contribution in [0.1, 0.15) is 5.01 Å². The summed E-state index contributed by atoms with van der Waals surface area (Å²) in [5.74, 6) is 0. The van der Waals surface area contributed by atoms with E-state index in [1.54, 1.807) is 12.1 Å². The Bertz CT molecular complexity index is 855. The molecule has 0 unspecified atom stereocenters. The Balaban J connectivity index is 1.80. The van der Waals surface area contributed by atoms with Gasteiger partial charge < -0.3 is 5.73 Å². The lowest BCUT2D eigenvalue weighted by atomic mass is 10.3. The maximum atomic E-state index is 12.2. The Labute approximate surface area is 126 Å². The van der Waals surface area contributed by atoms with Crippen LogP contribution in [-0.4, -0.2) is 13.4 Å². The molecule has 0 saturated carbocycles. The van der Waals surface area contributed by atoms with Crippen molar-refractivity contribution in [3.8, 4) is 0 Å². The molecule has 0 saturated heterocycles. The average Bonchev–Trinajstić information content (AvgIpc) is 2.88. The number of hydrogen-bond acceptors (Lipinski definition) is 5. The predicted octanol–water partition coefficient (Wildman–Crippen LogP) is 2.36. The number of benzene rings is 2. The van der Waals surface area contributed by atoms with Gasteiger partial charge >= 0.3 is 0 Å². The monoisotopic (exact) mass is 319 g/mol. The summed E-state index contributed by atoms with van der Waals surface area (Å²) in [6.45, 7) is 0.163. The van der Waals surface area contributed by atoms with E-state index in [0.29, 0.717) is 5.69 Å². The van der Waals surface area contributed by atoms with Crippen molar-refractivity contribution in [2.24, 2.45) is 0 Å². The number of nitrogens with two attached hydrogens (primary N) is 1. The van der Waals surface area contributed by atoms with Gasteiger partial charge in [0.25, 0.3) is 0 Å². The fraction of sp³-hybridized carbons (Fsp3) is 0.0714. The standard InChI is InChI=1S/C14H13N3O2S2/c15-10-4-3-5-11(8-10)21(18,19)16-9-14-17-12-6-1-2-7-13(12)20-14/h1-8,16H,9,15H2. The highest BCUT2D eigenvalue weighted by atomic mass is 32.2. The normalized spacial score (nSPS) is 11.8. The minimum Gasteiger partial charge on any atom is -0.399 e. The van der Waals surface area contributed by atoms with E-state index in [0.717, 1.165) is 15.2 Å². The molecule has 3 N–H and O–H groups in total. The molecule has 21 heavy (non-hydrogen) atoms. The molecular formula is C14H13N3O2S2. The predicted molar refractivity (Wildman–Crippen MR) is 84.5 cm³/mol. The lowest BCUT2D eigenvalue weighted by Gasteiger charge is -2.05. The van der Waals surface area contributed by atoms with Crippen molar-refractivity contribution in [2.75, 3.05) is 5.73 Å². The molecule has 3 aromatic rings. The average molecular weight is 319 g/mol. The summed E-state index contributed by atoms with van der Waals surface area (Å²) in [6.07, 6.45) is 0. The Morgan fingerprint density at radius 1 is 1.14 bits per heavy atom. The molecule has 7 heteroatoms. The van der Waals surface area contributed by atoms with Crippen molar-refractivity contribution < 1.29 is 8.42 Å². The van der Waals surface area contributed by atoms with E-state index in [1.165, 1.54) is 23.5 Å². The highest BCUT2D eigenvalue weighted by Gasteiger charge is 2.15. The molecular weight excluding hydrogens is 306 g/mol. The number of rotatable bonds is 4. The smallest absolute Gasteiger partial charge is 0.241 e. The molecule has 0 aliphatic heterocycles. The first-order chi connectivity index (χ1) is 10.0. The molecule has 0 amide bonds. The van der Waals surface area contributed by atoms with Crippen LogP contribution in [0.15, 0.2) is 53.4 Å². The van der Waals surface area contributed by atoms with Crippen LogP contribution in [0.5, 0.6) is 0 Å². The molecule has 1 aromatic heterocycles. The Morgan fingerprint density at radius 2 is 1.95 bits per heavy atom. The van der Waals surface area contributed by atoms with Gasteiger partial charge in [-0.2, -0.15) is 0 Å². The lowest BCUT2D eigenvalue weighted by molar-refractivity contribution is 0.581. The quantitative estimate of drug-likeness (QED) is 0.723. The largest absolute Gasteiger partial charge is 0.399 e. The van der Waals surface area contributed by atoms with E-state index in [1.807, 2.05) is 24.3 Å². The number of nitrogen functional groups attached to an aromatic ring is 1. The van der Waals surface area contributed by atoms with Gasteiger partial charge in [-0.25, -0.2) is 18.1 Å². The van der Waals surface area contributed by atoms with Crippen molar-refractivity contribution in [3.05, 3.63) is 53.5 Å². The number of thiazole rings is 1. The summed E-state index contributed by atoms with van der Waals surface area (Å²) >= 11 is 1.47. The van der Waals surface area contributed by atoms with Gasteiger partial charge in [-0.1, -0.05) is 18.2 Å². The summed E-state index contributed by atoms with van der Waals surface area (Å²) in [6, 6.07) is 13.9. The maximum Gasteiger partial charge on any atom is 0.241 e. The van der Waals surface area contributed by atoms with E-state index in [-0.39, 0.29) is 11.4 Å². The first-order valence-electron chi connectivity index (χ1n) is 6.24.